The molecule has 2 nitrogen and oxygen atoms in total. The summed E-state index contributed by atoms with van der Waals surface area (Å²) in [5, 5.41) is 3.65. The first-order valence-corrected chi connectivity index (χ1v) is 7.25. The Bertz CT molecular complexity index is 163. The monoisotopic (exact) mass is 267 g/mol. The fourth-order valence-electron chi connectivity index (χ4n) is 1.80. The Morgan fingerprint density at radius 3 is 2.38 bits per heavy atom. The summed E-state index contributed by atoms with van der Waals surface area (Å²) in [4.78, 5) is 0. The van der Waals surface area contributed by atoms with Crippen molar-refractivity contribution < 1.29 is 4.74 Å². The predicted molar refractivity (Wildman–Crippen MR) is 75.8 cm³/mol. The van der Waals surface area contributed by atoms with Crippen LogP contribution in [0.15, 0.2) is 0 Å². The highest BCUT2D eigenvalue weighted by Crippen LogP contribution is 2.17. The van der Waals surface area contributed by atoms with Gasteiger partial charge in [-0.1, -0.05) is 13.8 Å². The van der Waals surface area contributed by atoms with Crippen LogP contribution in [-0.2, 0) is 4.74 Å². The maximum absolute atomic E-state index is 5.63. The first-order valence-electron chi connectivity index (χ1n) is 6.10. The maximum Gasteiger partial charge on any atom is 0.0617 e. The second-order valence-corrected chi connectivity index (χ2v) is 6.11. The third kappa shape index (κ3) is 7.77. The molecular weight excluding hydrogens is 242 g/mol. The molecule has 4 heteroatoms. The van der Waals surface area contributed by atoms with E-state index < -0.39 is 0 Å². The highest BCUT2D eigenvalue weighted by Gasteiger charge is 2.15. The lowest BCUT2D eigenvalue weighted by Crippen LogP contribution is -2.41. The van der Waals surface area contributed by atoms with E-state index in [4.69, 9.17) is 4.74 Å². The van der Waals surface area contributed by atoms with Crippen LogP contribution in [0.2, 0.25) is 0 Å². The Balaban J connectivity index is 0.00000225. The third-order valence-electron chi connectivity index (χ3n) is 2.56. The second kappa shape index (κ2) is 9.58. The van der Waals surface area contributed by atoms with Crippen molar-refractivity contribution >= 4 is 24.2 Å². The fourth-order valence-corrected chi connectivity index (χ4v) is 2.90. The highest BCUT2D eigenvalue weighted by atomic mass is 35.5. The van der Waals surface area contributed by atoms with Gasteiger partial charge in [0, 0.05) is 18.7 Å². The quantitative estimate of drug-likeness (QED) is 0.800. The molecule has 1 saturated heterocycles. The summed E-state index contributed by atoms with van der Waals surface area (Å²) in [5.74, 6) is 3.28. The number of ether oxygens (including phenoxy) is 1. The minimum Gasteiger partial charge on any atom is -0.380 e. The maximum atomic E-state index is 5.63. The van der Waals surface area contributed by atoms with Gasteiger partial charge >= 0.3 is 0 Å². The van der Waals surface area contributed by atoms with Gasteiger partial charge in [0.25, 0.3) is 0 Å². The van der Waals surface area contributed by atoms with E-state index in [-0.39, 0.29) is 12.4 Å². The predicted octanol–water partition coefficient (Wildman–Crippen LogP) is 2.95. The summed E-state index contributed by atoms with van der Waals surface area (Å²) >= 11 is 2.08. The van der Waals surface area contributed by atoms with Gasteiger partial charge in [-0.15, -0.1) is 12.4 Å². The molecule has 1 heterocycles. The van der Waals surface area contributed by atoms with Crippen LogP contribution in [-0.4, -0.2) is 36.8 Å². The van der Waals surface area contributed by atoms with Crippen molar-refractivity contribution in [2.24, 2.45) is 5.92 Å². The van der Waals surface area contributed by atoms with E-state index >= 15 is 0 Å². The highest BCUT2D eigenvalue weighted by molar-refractivity contribution is 7.99. The topological polar surface area (TPSA) is 21.3 Å². The van der Waals surface area contributed by atoms with E-state index in [1.807, 2.05) is 0 Å². The number of hydrogen-bond acceptors (Lipinski definition) is 3. The number of rotatable bonds is 6. The largest absolute Gasteiger partial charge is 0.380 e. The average molecular weight is 268 g/mol. The Kier molecular flexibility index (Phi) is 9.91. The van der Waals surface area contributed by atoms with Crippen LogP contribution in [0.5, 0.6) is 0 Å². The smallest absolute Gasteiger partial charge is 0.0617 e. The molecule has 0 aromatic rings. The van der Waals surface area contributed by atoms with Crippen molar-refractivity contribution in [3.8, 4) is 0 Å². The molecular formula is C12H26ClNOS. The van der Waals surface area contributed by atoms with E-state index in [1.54, 1.807) is 0 Å². The zero-order valence-electron chi connectivity index (χ0n) is 10.7. The Labute approximate surface area is 111 Å². The first kappa shape index (κ1) is 16.6. The van der Waals surface area contributed by atoms with Gasteiger partial charge in [0.15, 0.2) is 0 Å². The van der Waals surface area contributed by atoms with Crippen molar-refractivity contribution in [1.82, 2.24) is 5.32 Å². The van der Waals surface area contributed by atoms with Crippen LogP contribution in [0.1, 0.15) is 33.6 Å². The molecule has 0 amide bonds. The molecule has 1 aliphatic rings. The van der Waals surface area contributed by atoms with Gasteiger partial charge in [-0.2, -0.15) is 11.8 Å². The SMILES string of the molecule is CC(C)COCC(C)NC1CCSCC1.Cl. The minimum absolute atomic E-state index is 0. The lowest BCUT2D eigenvalue weighted by atomic mass is 10.1. The standard InChI is InChI=1S/C12H25NOS.ClH/c1-10(2)8-14-9-11(3)13-12-4-6-15-7-5-12;/h10-13H,4-9H2,1-3H3;1H. The summed E-state index contributed by atoms with van der Waals surface area (Å²) < 4.78 is 5.63. The summed E-state index contributed by atoms with van der Waals surface area (Å²) in [7, 11) is 0. The zero-order valence-corrected chi connectivity index (χ0v) is 12.3. The third-order valence-corrected chi connectivity index (χ3v) is 3.61. The summed E-state index contributed by atoms with van der Waals surface area (Å²) in [6, 6.07) is 1.22. The van der Waals surface area contributed by atoms with Crippen LogP contribution in [0.25, 0.3) is 0 Å². The normalized spacial score (nSPS) is 19.5. The molecule has 0 aliphatic carbocycles. The molecule has 98 valence electrons. The summed E-state index contributed by atoms with van der Waals surface area (Å²) in [5.41, 5.74) is 0. The number of thioether (sulfide) groups is 1. The first-order chi connectivity index (χ1) is 7.18. The number of nitrogens with one attached hydrogen (secondary N) is 1. The minimum atomic E-state index is 0. The second-order valence-electron chi connectivity index (χ2n) is 4.89. The van der Waals surface area contributed by atoms with E-state index in [2.05, 4.69) is 37.8 Å². The molecule has 1 atom stereocenters. The van der Waals surface area contributed by atoms with Crippen molar-refractivity contribution in [3.05, 3.63) is 0 Å². The molecule has 1 aliphatic heterocycles. The van der Waals surface area contributed by atoms with Gasteiger partial charge in [-0.3, -0.25) is 0 Å². The van der Waals surface area contributed by atoms with Crippen LogP contribution >= 0.6 is 24.2 Å². The molecule has 1 unspecified atom stereocenters. The van der Waals surface area contributed by atoms with Crippen molar-refractivity contribution in [2.75, 3.05) is 24.7 Å². The van der Waals surface area contributed by atoms with E-state index in [9.17, 15) is 0 Å². The molecule has 0 aromatic heterocycles. The van der Waals surface area contributed by atoms with E-state index in [1.165, 1.54) is 24.3 Å². The van der Waals surface area contributed by atoms with Gasteiger partial charge in [-0.25, -0.2) is 0 Å². The Hall–Kier alpha value is 0.560. The summed E-state index contributed by atoms with van der Waals surface area (Å²) in [6.07, 6.45) is 2.64. The van der Waals surface area contributed by atoms with Crippen molar-refractivity contribution in [2.45, 2.75) is 45.7 Å². The number of hydrogen-bond donors (Lipinski definition) is 1. The van der Waals surface area contributed by atoms with Crippen molar-refractivity contribution in [3.63, 3.8) is 0 Å². The molecule has 0 radical (unpaired) electrons. The van der Waals surface area contributed by atoms with Crippen LogP contribution < -0.4 is 5.32 Å². The Morgan fingerprint density at radius 1 is 1.19 bits per heavy atom. The molecule has 16 heavy (non-hydrogen) atoms. The van der Waals surface area contributed by atoms with Gasteiger partial charge in [0.05, 0.1) is 6.61 Å². The fraction of sp³-hybridized carbons (Fsp3) is 1.00. The molecule has 0 bridgehead atoms. The molecule has 0 saturated carbocycles. The molecule has 1 fully saturated rings. The van der Waals surface area contributed by atoms with Gasteiger partial charge in [0.1, 0.15) is 0 Å². The lowest BCUT2D eigenvalue weighted by Gasteiger charge is -2.26. The molecule has 1 rings (SSSR count). The van der Waals surface area contributed by atoms with Crippen molar-refractivity contribution in [1.29, 1.82) is 0 Å². The van der Waals surface area contributed by atoms with Crippen LogP contribution in [0, 0.1) is 5.92 Å². The summed E-state index contributed by atoms with van der Waals surface area (Å²) in [6.45, 7) is 8.34. The molecule has 0 spiro atoms. The zero-order chi connectivity index (χ0) is 11.1. The molecule has 1 N–H and O–H groups in total. The lowest BCUT2D eigenvalue weighted by molar-refractivity contribution is 0.0906. The van der Waals surface area contributed by atoms with Gasteiger partial charge in [0.2, 0.25) is 0 Å². The number of halogens is 1. The van der Waals surface area contributed by atoms with E-state index in [0.29, 0.717) is 12.0 Å². The van der Waals surface area contributed by atoms with Gasteiger partial charge in [-0.05, 0) is 37.2 Å². The average Bonchev–Trinajstić information content (AvgIpc) is 2.18. The van der Waals surface area contributed by atoms with Gasteiger partial charge < -0.3 is 10.1 Å². The molecule has 0 aromatic carbocycles. The Morgan fingerprint density at radius 2 is 1.81 bits per heavy atom. The van der Waals surface area contributed by atoms with Crippen LogP contribution in [0.3, 0.4) is 0 Å². The van der Waals surface area contributed by atoms with E-state index in [0.717, 1.165) is 19.3 Å². The van der Waals surface area contributed by atoms with Crippen LogP contribution in [0.4, 0.5) is 0 Å².